The number of rotatable bonds is 8. The van der Waals surface area contributed by atoms with Gasteiger partial charge in [0.25, 0.3) is 0 Å². The summed E-state index contributed by atoms with van der Waals surface area (Å²) in [6.45, 7) is 9.03. The van der Waals surface area contributed by atoms with Gasteiger partial charge in [-0.15, -0.1) is 0 Å². The van der Waals surface area contributed by atoms with Crippen molar-refractivity contribution in [2.45, 2.75) is 64.8 Å². The van der Waals surface area contributed by atoms with E-state index in [0.29, 0.717) is 12.5 Å². The van der Waals surface area contributed by atoms with Crippen molar-refractivity contribution in [3.05, 3.63) is 0 Å². The Hall–Kier alpha value is -0.120. The highest BCUT2D eigenvalue weighted by molar-refractivity contribution is 4.99. The molecular weight excluding hydrogens is 204 g/mol. The number of hydrogen-bond donors (Lipinski definition) is 1. The van der Waals surface area contributed by atoms with Gasteiger partial charge >= 0.3 is 0 Å². The maximum Gasteiger partial charge on any atom is 0.0788 e. The molecule has 0 amide bonds. The number of hydrogen-bond acceptors (Lipinski definition) is 3. The van der Waals surface area contributed by atoms with Crippen LogP contribution in [0.5, 0.6) is 0 Å². The van der Waals surface area contributed by atoms with Crippen LogP contribution in [0.3, 0.4) is 0 Å². The summed E-state index contributed by atoms with van der Waals surface area (Å²) in [5, 5.41) is 8.85. The van der Waals surface area contributed by atoms with Crippen LogP contribution in [0.25, 0.3) is 0 Å². The van der Waals surface area contributed by atoms with E-state index in [1.54, 1.807) is 0 Å². The Balaban J connectivity index is 2.26. The van der Waals surface area contributed by atoms with Gasteiger partial charge < -0.3 is 14.6 Å². The van der Waals surface area contributed by atoms with Crippen LogP contribution in [0.15, 0.2) is 0 Å². The molecule has 1 N–H and O–H groups in total. The second kappa shape index (κ2) is 5.99. The van der Waals surface area contributed by atoms with E-state index in [1.807, 2.05) is 13.8 Å². The van der Waals surface area contributed by atoms with Gasteiger partial charge in [-0.05, 0) is 32.6 Å². The third-order valence-corrected chi connectivity index (χ3v) is 3.56. The molecule has 3 heteroatoms. The maximum absolute atomic E-state index is 8.85. The molecule has 16 heavy (non-hydrogen) atoms. The van der Waals surface area contributed by atoms with Crippen LogP contribution in [-0.4, -0.2) is 36.1 Å². The van der Waals surface area contributed by atoms with Gasteiger partial charge in [0, 0.05) is 0 Å². The minimum atomic E-state index is -0.0928. The van der Waals surface area contributed by atoms with Gasteiger partial charge in [0.2, 0.25) is 0 Å². The highest BCUT2D eigenvalue weighted by Crippen LogP contribution is 2.47. The van der Waals surface area contributed by atoms with Gasteiger partial charge in [-0.3, -0.25) is 0 Å². The lowest BCUT2D eigenvalue weighted by atomic mass is 9.99. The van der Waals surface area contributed by atoms with Crippen molar-refractivity contribution in [2.75, 3.05) is 13.2 Å². The Morgan fingerprint density at radius 3 is 2.25 bits per heavy atom. The van der Waals surface area contributed by atoms with Crippen molar-refractivity contribution in [1.82, 2.24) is 0 Å². The van der Waals surface area contributed by atoms with E-state index >= 15 is 0 Å². The van der Waals surface area contributed by atoms with Crippen molar-refractivity contribution in [2.24, 2.45) is 5.92 Å². The highest BCUT2D eigenvalue weighted by Gasteiger charge is 2.48. The summed E-state index contributed by atoms with van der Waals surface area (Å²) in [5.74, 6) is 0.630. The Morgan fingerprint density at radius 1 is 1.19 bits per heavy atom. The van der Waals surface area contributed by atoms with E-state index in [-0.39, 0.29) is 24.4 Å². The molecule has 0 heterocycles. The summed E-state index contributed by atoms with van der Waals surface area (Å²) in [7, 11) is 0. The normalized spacial score (nSPS) is 23.8. The maximum atomic E-state index is 8.85. The molecule has 3 atom stereocenters. The van der Waals surface area contributed by atoms with Crippen LogP contribution >= 0.6 is 0 Å². The molecule has 96 valence electrons. The van der Waals surface area contributed by atoms with E-state index in [0.717, 1.165) is 0 Å². The molecule has 0 aromatic carbocycles. The average Bonchev–Trinajstić information content (AvgIpc) is 3.05. The topological polar surface area (TPSA) is 38.7 Å². The van der Waals surface area contributed by atoms with E-state index in [9.17, 15) is 0 Å². The fourth-order valence-electron chi connectivity index (χ4n) is 2.01. The summed E-state index contributed by atoms with van der Waals surface area (Å²) < 4.78 is 11.6. The first-order valence-corrected chi connectivity index (χ1v) is 6.44. The summed E-state index contributed by atoms with van der Waals surface area (Å²) in [6.07, 6.45) is 3.56. The van der Waals surface area contributed by atoms with Crippen LogP contribution in [0.1, 0.15) is 47.0 Å². The lowest BCUT2D eigenvalue weighted by Gasteiger charge is -2.27. The SMILES string of the molecule is CCC(C)C1(OC(C)COC(C)CO)CC1. The van der Waals surface area contributed by atoms with E-state index < -0.39 is 0 Å². The first-order valence-electron chi connectivity index (χ1n) is 6.44. The number of aliphatic hydroxyl groups is 1. The fourth-order valence-corrected chi connectivity index (χ4v) is 2.01. The van der Waals surface area contributed by atoms with Crippen LogP contribution in [0.4, 0.5) is 0 Å². The van der Waals surface area contributed by atoms with Crippen LogP contribution in [0.2, 0.25) is 0 Å². The molecule has 0 saturated heterocycles. The molecule has 0 aliphatic heterocycles. The summed E-state index contributed by atoms with van der Waals surface area (Å²) >= 11 is 0. The van der Waals surface area contributed by atoms with Gasteiger partial charge in [-0.25, -0.2) is 0 Å². The second-order valence-electron chi connectivity index (χ2n) is 5.13. The Kier molecular flexibility index (Phi) is 5.22. The lowest BCUT2D eigenvalue weighted by molar-refractivity contribution is -0.0987. The van der Waals surface area contributed by atoms with Crippen LogP contribution in [0, 0.1) is 5.92 Å². The standard InChI is InChI=1S/C13H26O3/c1-5-10(2)13(6-7-13)16-12(4)9-15-11(3)8-14/h10-12,14H,5-9H2,1-4H3. The molecular formula is C13H26O3. The predicted octanol–water partition coefficient (Wildman–Crippen LogP) is 2.37. The zero-order valence-electron chi connectivity index (χ0n) is 11.0. The third-order valence-electron chi connectivity index (χ3n) is 3.56. The third kappa shape index (κ3) is 3.72. The van der Waals surface area contributed by atoms with Gasteiger partial charge in [0.1, 0.15) is 0 Å². The Bertz CT molecular complexity index is 201. The molecule has 0 radical (unpaired) electrons. The molecule has 1 fully saturated rings. The van der Waals surface area contributed by atoms with E-state index in [2.05, 4.69) is 13.8 Å². The van der Waals surface area contributed by atoms with Crippen molar-refractivity contribution in [3.63, 3.8) is 0 Å². The summed E-state index contributed by atoms with van der Waals surface area (Å²) in [5.41, 5.74) is 0.125. The van der Waals surface area contributed by atoms with Gasteiger partial charge in [-0.2, -0.15) is 0 Å². The minimum absolute atomic E-state index is 0.0726. The van der Waals surface area contributed by atoms with Gasteiger partial charge in [0.05, 0.1) is 31.0 Å². The molecule has 0 aromatic heterocycles. The Morgan fingerprint density at radius 2 is 1.81 bits per heavy atom. The van der Waals surface area contributed by atoms with Crippen molar-refractivity contribution in [3.8, 4) is 0 Å². The molecule has 1 aliphatic rings. The van der Waals surface area contributed by atoms with Crippen molar-refractivity contribution in [1.29, 1.82) is 0 Å². The second-order valence-corrected chi connectivity index (χ2v) is 5.13. The first-order chi connectivity index (χ1) is 7.54. The molecule has 1 rings (SSSR count). The van der Waals surface area contributed by atoms with Crippen LogP contribution in [-0.2, 0) is 9.47 Å². The molecule has 0 bridgehead atoms. The number of aliphatic hydroxyl groups excluding tert-OH is 1. The highest BCUT2D eigenvalue weighted by atomic mass is 16.6. The van der Waals surface area contributed by atoms with Gasteiger partial charge in [-0.1, -0.05) is 20.3 Å². The van der Waals surface area contributed by atoms with E-state index in [4.69, 9.17) is 14.6 Å². The molecule has 1 saturated carbocycles. The van der Waals surface area contributed by atoms with Crippen molar-refractivity contribution >= 4 is 0 Å². The van der Waals surface area contributed by atoms with E-state index in [1.165, 1.54) is 19.3 Å². The fraction of sp³-hybridized carbons (Fsp3) is 1.00. The molecule has 0 aromatic rings. The van der Waals surface area contributed by atoms with Gasteiger partial charge in [0.15, 0.2) is 0 Å². The zero-order chi connectivity index (χ0) is 12.2. The predicted molar refractivity (Wildman–Crippen MR) is 64.5 cm³/mol. The minimum Gasteiger partial charge on any atom is -0.394 e. The van der Waals surface area contributed by atoms with Crippen molar-refractivity contribution < 1.29 is 14.6 Å². The Labute approximate surface area is 99.1 Å². The molecule has 3 nitrogen and oxygen atoms in total. The smallest absolute Gasteiger partial charge is 0.0788 e. The quantitative estimate of drug-likeness (QED) is 0.695. The molecule has 0 spiro atoms. The zero-order valence-corrected chi connectivity index (χ0v) is 11.0. The lowest BCUT2D eigenvalue weighted by Crippen LogP contribution is -2.31. The summed E-state index contributed by atoms with van der Waals surface area (Å²) in [4.78, 5) is 0. The molecule has 1 aliphatic carbocycles. The van der Waals surface area contributed by atoms with Crippen LogP contribution < -0.4 is 0 Å². The first kappa shape index (κ1) is 13.9. The largest absolute Gasteiger partial charge is 0.394 e. The average molecular weight is 230 g/mol. The summed E-state index contributed by atoms with van der Waals surface area (Å²) in [6, 6.07) is 0. The number of ether oxygens (including phenoxy) is 2. The molecule has 3 unspecified atom stereocenters. The monoisotopic (exact) mass is 230 g/mol.